The molecular weight excluding hydrogens is 592 g/mol. The maximum absolute atomic E-state index is 14.7. The third kappa shape index (κ3) is 7.59. The van der Waals surface area contributed by atoms with Crippen LogP contribution in [0.5, 0.6) is 5.75 Å². The van der Waals surface area contributed by atoms with Crippen molar-refractivity contribution in [2.45, 2.75) is 30.7 Å². The molecule has 0 radical (unpaired) electrons. The average molecular weight is 611 g/mol. The van der Waals surface area contributed by atoms with E-state index in [-0.39, 0.29) is 17.5 Å². The quantitative estimate of drug-likeness (QED) is 0.252. The number of urea groups is 1. The molecule has 3 aromatic rings. The fourth-order valence-electron chi connectivity index (χ4n) is 3.70. The normalized spacial score (nSPS) is 13.6. The summed E-state index contributed by atoms with van der Waals surface area (Å²) in [5.74, 6) is -2.18. The number of nitrogens with one attached hydrogen (secondary N) is 2. The van der Waals surface area contributed by atoms with Gasteiger partial charge >= 0.3 is 24.7 Å². The number of ether oxygens (including phenoxy) is 1. The van der Waals surface area contributed by atoms with Crippen LogP contribution in [0.2, 0.25) is 0 Å². The molecule has 3 rings (SSSR count). The lowest BCUT2D eigenvalue weighted by atomic mass is 9.77. The van der Waals surface area contributed by atoms with Gasteiger partial charge in [0.05, 0.1) is 5.54 Å². The number of benzene rings is 3. The minimum absolute atomic E-state index is 0.204. The van der Waals surface area contributed by atoms with E-state index in [9.17, 15) is 39.9 Å². The molecule has 0 aromatic heterocycles. The highest BCUT2D eigenvalue weighted by Gasteiger charge is 2.45. The van der Waals surface area contributed by atoms with Gasteiger partial charge < -0.3 is 15.4 Å². The van der Waals surface area contributed by atoms with Gasteiger partial charge in [-0.2, -0.15) is 30.7 Å². The van der Waals surface area contributed by atoms with E-state index in [1.54, 1.807) is 41.7 Å². The molecule has 0 bridgehead atoms. The summed E-state index contributed by atoms with van der Waals surface area (Å²) >= 11 is 3.26. The van der Waals surface area contributed by atoms with E-state index in [2.05, 4.69) is 26.0 Å². The van der Waals surface area contributed by atoms with E-state index in [1.165, 1.54) is 18.2 Å². The minimum Gasteiger partial charge on any atom is -0.428 e. The zero-order chi connectivity index (χ0) is 28.1. The standard InChI is InChI=1S/C25H19BrF8N2O2/c26-18-8-4-7-16(9-18)23(13-15-5-2-1-3-6-15,36-22(37)35-14-24(30,31)32)17-10-19(27)12-20(11-17)38-25(33,34)21(28)29/h1-12,21H,13-14H2,(H2,35,36,37)/t23-/m1/s1. The van der Waals surface area contributed by atoms with Crippen molar-refractivity contribution in [3.05, 3.63) is 99.8 Å². The molecule has 0 aliphatic carbocycles. The highest BCUT2D eigenvalue weighted by molar-refractivity contribution is 9.10. The Morgan fingerprint density at radius 2 is 1.58 bits per heavy atom. The summed E-state index contributed by atoms with van der Waals surface area (Å²) in [6.45, 7) is -1.70. The van der Waals surface area contributed by atoms with Crippen LogP contribution in [-0.4, -0.2) is 31.3 Å². The van der Waals surface area contributed by atoms with Crippen molar-refractivity contribution in [3.63, 3.8) is 0 Å². The molecule has 0 heterocycles. The van der Waals surface area contributed by atoms with E-state index in [4.69, 9.17) is 0 Å². The predicted molar refractivity (Wildman–Crippen MR) is 126 cm³/mol. The number of halogens is 9. The smallest absolute Gasteiger partial charge is 0.428 e. The monoisotopic (exact) mass is 610 g/mol. The molecule has 38 heavy (non-hydrogen) atoms. The largest absolute Gasteiger partial charge is 0.461 e. The number of amides is 2. The van der Waals surface area contributed by atoms with Gasteiger partial charge in [0.15, 0.2) is 0 Å². The molecule has 2 amide bonds. The highest BCUT2D eigenvalue weighted by Crippen LogP contribution is 2.38. The first-order chi connectivity index (χ1) is 17.7. The van der Waals surface area contributed by atoms with Crippen LogP contribution in [0.1, 0.15) is 16.7 Å². The van der Waals surface area contributed by atoms with E-state index in [0.29, 0.717) is 16.1 Å². The number of rotatable bonds is 9. The second-order valence-corrected chi connectivity index (χ2v) is 9.06. The molecule has 13 heteroatoms. The summed E-state index contributed by atoms with van der Waals surface area (Å²) < 4.78 is 110. The van der Waals surface area contributed by atoms with Gasteiger partial charge in [-0.1, -0.05) is 58.4 Å². The molecule has 0 spiro atoms. The van der Waals surface area contributed by atoms with Crippen molar-refractivity contribution in [2.75, 3.05) is 6.54 Å². The highest BCUT2D eigenvalue weighted by atomic mass is 79.9. The maximum Gasteiger partial charge on any atom is 0.461 e. The number of alkyl halides is 7. The summed E-state index contributed by atoms with van der Waals surface area (Å²) in [6.07, 6.45) is -14.2. The Labute approximate surface area is 220 Å². The zero-order valence-electron chi connectivity index (χ0n) is 19.1. The summed E-state index contributed by atoms with van der Waals surface area (Å²) in [5, 5.41) is 4.09. The summed E-state index contributed by atoms with van der Waals surface area (Å²) in [7, 11) is 0. The Morgan fingerprint density at radius 1 is 0.895 bits per heavy atom. The van der Waals surface area contributed by atoms with Crippen molar-refractivity contribution in [1.82, 2.24) is 10.6 Å². The molecule has 3 aromatic carbocycles. The van der Waals surface area contributed by atoms with Crippen LogP contribution in [-0.2, 0) is 12.0 Å². The van der Waals surface area contributed by atoms with Gasteiger partial charge in [-0.05, 0) is 41.0 Å². The van der Waals surface area contributed by atoms with Crippen molar-refractivity contribution >= 4 is 22.0 Å². The van der Waals surface area contributed by atoms with E-state index in [0.717, 1.165) is 12.1 Å². The molecular formula is C25H19BrF8N2O2. The topological polar surface area (TPSA) is 50.4 Å². The van der Waals surface area contributed by atoms with Gasteiger partial charge in [0.2, 0.25) is 0 Å². The van der Waals surface area contributed by atoms with Gasteiger partial charge in [0, 0.05) is 17.0 Å². The van der Waals surface area contributed by atoms with Crippen LogP contribution >= 0.6 is 15.9 Å². The Hall–Kier alpha value is -3.35. The van der Waals surface area contributed by atoms with Crippen LogP contribution in [0.15, 0.2) is 77.3 Å². The van der Waals surface area contributed by atoms with Crippen molar-refractivity contribution in [1.29, 1.82) is 0 Å². The summed E-state index contributed by atoms with van der Waals surface area (Å²) in [4.78, 5) is 12.7. The zero-order valence-corrected chi connectivity index (χ0v) is 20.7. The van der Waals surface area contributed by atoms with Gasteiger partial charge in [0.1, 0.15) is 18.1 Å². The van der Waals surface area contributed by atoms with Gasteiger partial charge in [0.25, 0.3) is 0 Å². The minimum atomic E-state index is -4.97. The summed E-state index contributed by atoms with van der Waals surface area (Å²) in [5.41, 5.74) is -1.44. The fourth-order valence-corrected chi connectivity index (χ4v) is 4.10. The second kappa shape index (κ2) is 11.6. The van der Waals surface area contributed by atoms with E-state index in [1.807, 2.05) is 0 Å². The van der Waals surface area contributed by atoms with Crippen LogP contribution in [0.3, 0.4) is 0 Å². The van der Waals surface area contributed by atoms with Gasteiger partial charge in [-0.25, -0.2) is 9.18 Å². The lowest BCUT2D eigenvalue weighted by molar-refractivity contribution is -0.253. The van der Waals surface area contributed by atoms with Gasteiger partial charge in [-0.15, -0.1) is 0 Å². The number of carbonyl (C=O) groups excluding carboxylic acids is 1. The van der Waals surface area contributed by atoms with E-state index < -0.39 is 48.4 Å². The number of hydrogen-bond donors (Lipinski definition) is 2. The first kappa shape index (κ1) is 29.2. The Kier molecular flexibility index (Phi) is 8.90. The molecule has 0 saturated heterocycles. The van der Waals surface area contributed by atoms with E-state index >= 15 is 0 Å². The predicted octanol–water partition coefficient (Wildman–Crippen LogP) is 7.17. The first-order valence-electron chi connectivity index (χ1n) is 10.8. The molecule has 2 N–H and O–H groups in total. The average Bonchev–Trinajstić information content (AvgIpc) is 2.82. The molecule has 1 atom stereocenters. The van der Waals surface area contributed by atoms with Crippen LogP contribution in [0.25, 0.3) is 0 Å². The fraction of sp³-hybridized carbons (Fsp3) is 0.240. The first-order valence-corrected chi connectivity index (χ1v) is 11.6. The molecule has 0 saturated carbocycles. The molecule has 4 nitrogen and oxygen atoms in total. The lowest BCUT2D eigenvalue weighted by Gasteiger charge is -2.37. The Bertz CT molecular complexity index is 1260. The Morgan fingerprint density at radius 3 is 2.18 bits per heavy atom. The lowest BCUT2D eigenvalue weighted by Crippen LogP contribution is -2.53. The SMILES string of the molecule is O=C(NCC(F)(F)F)N[C@](Cc1ccccc1)(c1cccc(Br)c1)c1cc(F)cc(OC(F)(F)C(F)F)c1. The van der Waals surface area contributed by atoms with Crippen molar-refractivity contribution < 1.29 is 44.7 Å². The van der Waals surface area contributed by atoms with Crippen LogP contribution < -0.4 is 15.4 Å². The van der Waals surface area contributed by atoms with Crippen molar-refractivity contribution in [3.8, 4) is 5.75 Å². The third-order valence-electron chi connectivity index (χ3n) is 5.28. The number of carbonyl (C=O) groups is 1. The molecule has 0 aliphatic rings. The maximum atomic E-state index is 14.7. The summed E-state index contributed by atoms with van der Waals surface area (Å²) in [6, 6.07) is 15.0. The number of hydrogen-bond acceptors (Lipinski definition) is 2. The van der Waals surface area contributed by atoms with Crippen molar-refractivity contribution in [2.24, 2.45) is 0 Å². The molecule has 0 unspecified atom stereocenters. The molecule has 0 aliphatic heterocycles. The van der Waals surface area contributed by atoms with Crippen LogP contribution in [0.4, 0.5) is 39.9 Å². The molecule has 0 fully saturated rings. The molecule has 204 valence electrons. The third-order valence-corrected chi connectivity index (χ3v) is 5.77. The Balaban J connectivity index is 2.22. The second-order valence-electron chi connectivity index (χ2n) is 8.14. The van der Waals surface area contributed by atoms with Gasteiger partial charge in [-0.3, -0.25) is 0 Å². The van der Waals surface area contributed by atoms with Crippen LogP contribution in [0, 0.1) is 5.82 Å².